The average molecular weight is 305 g/mol. The van der Waals surface area contributed by atoms with Crippen LogP contribution in [0.15, 0.2) is 36.4 Å². The predicted molar refractivity (Wildman–Crippen MR) is 84.5 cm³/mol. The third-order valence-corrected chi connectivity index (χ3v) is 4.05. The second-order valence-electron chi connectivity index (χ2n) is 4.61. The van der Waals surface area contributed by atoms with Gasteiger partial charge in [0.1, 0.15) is 0 Å². The van der Waals surface area contributed by atoms with Gasteiger partial charge < -0.3 is 14.8 Å². The lowest BCUT2D eigenvalue weighted by Gasteiger charge is -2.07. The minimum atomic E-state index is -0.205. The molecule has 1 heterocycles. The molecule has 5 heteroatoms. The first-order valence-electron chi connectivity index (χ1n) is 6.67. The number of anilines is 1. The number of carbonyl (C=O) groups excluding carboxylic acids is 1. The van der Waals surface area contributed by atoms with Crippen LogP contribution in [-0.2, 0) is 33.8 Å². The highest BCUT2D eigenvalue weighted by molar-refractivity contribution is 7.12. The number of methoxy groups -OCH3 is 2. The lowest BCUT2D eigenvalue weighted by Crippen LogP contribution is -2.02. The van der Waals surface area contributed by atoms with Crippen LogP contribution in [-0.4, -0.2) is 20.2 Å². The third-order valence-electron chi connectivity index (χ3n) is 2.97. The van der Waals surface area contributed by atoms with Gasteiger partial charge in [0.2, 0.25) is 0 Å². The van der Waals surface area contributed by atoms with Gasteiger partial charge >= 0.3 is 5.97 Å². The SMILES string of the molecule is COCc1cccc(NCc2ccc(CC(=O)OC)s2)c1. The highest BCUT2D eigenvalue weighted by atomic mass is 32.1. The summed E-state index contributed by atoms with van der Waals surface area (Å²) in [6, 6.07) is 12.2. The van der Waals surface area contributed by atoms with E-state index in [4.69, 9.17) is 4.74 Å². The smallest absolute Gasteiger partial charge is 0.310 e. The van der Waals surface area contributed by atoms with Gasteiger partial charge in [-0.05, 0) is 29.8 Å². The molecule has 2 aromatic rings. The number of carbonyl (C=O) groups is 1. The van der Waals surface area contributed by atoms with Crippen molar-refractivity contribution in [1.82, 2.24) is 0 Å². The van der Waals surface area contributed by atoms with Gasteiger partial charge in [0, 0.05) is 29.1 Å². The number of thiophene rings is 1. The second kappa shape index (κ2) is 7.81. The van der Waals surface area contributed by atoms with Crippen LogP contribution >= 0.6 is 11.3 Å². The van der Waals surface area contributed by atoms with E-state index in [1.54, 1.807) is 18.4 Å². The summed E-state index contributed by atoms with van der Waals surface area (Å²) in [5, 5.41) is 3.38. The molecule has 0 saturated carbocycles. The number of benzene rings is 1. The second-order valence-corrected chi connectivity index (χ2v) is 5.86. The zero-order chi connectivity index (χ0) is 15.1. The van der Waals surface area contributed by atoms with Crippen molar-refractivity contribution in [2.24, 2.45) is 0 Å². The maximum Gasteiger partial charge on any atom is 0.310 e. The number of rotatable bonds is 7. The molecule has 0 aliphatic carbocycles. The van der Waals surface area contributed by atoms with E-state index >= 15 is 0 Å². The predicted octanol–water partition coefficient (Wildman–Crippen LogP) is 3.22. The summed E-state index contributed by atoms with van der Waals surface area (Å²) in [5.41, 5.74) is 2.20. The molecule has 2 rings (SSSR count). The fourth-order valence-electron chi connectivity index (χ4n) is 1.95. The standard InChI is InChI=1S/C16H19NO3S/c1-19-11-12-4-3-5-13(8-12)17-10-15-7-6-14(21-15)9-16(18)20-2/h3-8,17H,9-11H2,1-2H3. The Bertz CT molecular complexity index is 595. The molecule has 0 spiro atoms. The van der Waals surface area contributed by atoms with Gasteiger partial charge in [-0.15, -0.1) is 11.3 Å². The van der Waals surface area contributed by atoms with Crippen molar-refractivity contribution in [1.29, 1.82) is 0 Å². The van der Waals surface area contributed by atoms with Gasteiger partial charge in [-0.3, -0.25) is 4.79 Å². The molecular weight excluding hydrogens is 286 g/mol. The van der Waals surface area contributed by atoms with E-state index in [2.05, 4.69) is 16.1 Å². The van der Waals surface area contributed by atoms with Crippen molar-refractivity contribution in [2.45, 2.75) is 19.6 Å². The van der Waals surface area contributed by atoms with Crippen LogP contribution in [0.2, 0.25) is 0 Å². The van der Waals surface area contributed by atoms with Crippen LogP contribution in [0.3, 0.4) is 0 Å². The Labute approximate surface area is 128 Å². The van der Waals surface area contributed by atoms with Crippen molar-refractivity contribution in [3.63, 3.8) is 0 Å². The average Bonchev–Trinajstić information content (AvgIpc) is 2.93. The molecule has 112 valence electrons. The number of hydrogen-bond acceptors (Lipinski definition) is 5. The van der Waals surface area contributed by atoms with Crippen LogP contribution < -0.4 is 5.32 Å². The molecule has 0 saturated heterocycles. The summed E-state index contributed by atoms with van der Waals surface area (Å²) in [6.07, 6.45) is 0.338. The van der Waals surface area contributed by atoms with E-state index in [0.29, 0.717) is 13.0 Å². The lowest BCUT2D eigenvalue weighted by atomic mass is 10.2. The van der Waals surface area contributed by atoms with Gasteiger partial charge in [-0.2, -0.15) is 0 Å². The Hall–Kier alpha value is -1.85. The Balaban J connectivity index is 1.91. The summed E-state index contributed by atoms with van der Waals surface area (Å²) in [6.45, 7) is 1.35. The van der Waals surface area contributed by atoms with Gasteiger partial charge in [0.05, 0.1) is 20.1 Å². The fourth-order valence-corrected chi connectivity index (χ4v) is 2.90. The first-order valence-corrected chi connectivity index (χ1v) is 7.49. The molecule has 0 atom stereocenters. The van der Waals surface area contributed by atoms with Crippen molar-refractivity contribution < 1.29 is 14.3 Å². The molecule has 1 N–H and O–H groups in total. The van der Waals surface area contributed by atoms with E-state index in [1.165, 1.54) is 12.0 Å². The monoisotopic (exact) mass is 305 g/mol. The minimum absolute atomic E-state index is 0.205. The van der Waals surface area contributed by atoms with Crippen molar-refractivity contribution in [2.75, 3.05) is 19.5 Å². The molecule has 0 aliphatic heterocycles. The Morgan fingerprint density at radius 2 is 2.00 bits per heavy atom. The molecule has 0 unspecified atom stereocenters. The molecule has 21 heavy (non-hydrogen) atoms. The fraction of sp³-hybridized carbons (Fsp3) is 0.312. The van der Waals surface area contributed by atoms with Crippen LogP contribution in [0.25, 0.3) is 0 Å². The summed E-state index contributed by atoms with van der Waals surface area (Å²) in [7, 11) is 3.10. The molecule has 1 aromatic heterocycles. The first-order chi connectivity index (χ1) is 10.2. The van der Waals surface area contributed by atoms with E-state index in [9.17, 15) is 4.79 Å². The van der Waals surface area contributed by atoms with Crippen LogP contribution in [0.1, 0.15) is 15.3 Å². The molecule has 1 aromatic carbocycles. The first kappa shape index (κ1) is 15.5. The van der Waals surface area contributed by atoms with Gasteiger partial charge in [-0.25, -0.2) is 0 Å². The molecule has 0 bridgehead atoms. The summed E-state index contributed by atoms with van der Waals surface area (Å²) >= 11 is 1.62. The normalized spacial score (nSPS) is 10.4. The zero-order valence-electron chi connectivity index (χ0n) is 12.2. The number of ether oxygens (including phenoxy) is 2. The molecule has 4 nitrogen and oxygen atoms in total. The molecule has 0 aliphatic rings. The minimum Gasteiger partial charge on any atom is -0.469 e. The van der Waals surface area contributed by atoms with Gasteiger partial charge in [0.25, 0.3) is 0 Å². The Morgan fingerprint density at radius 3 is 2.76 bits per heavy atom. The maximum atomic E-state index is 11.2. The molecule has 0 amide bonds. The number of hydrogen-bond donors (Lipinski definition) is 1. The van der Waals surface area contributed by atoms with E-state index in [1.807, 2.05) is 30.3 Å². The Morgan fingerprint density at radius 1 is 1.19 bits per heavy atom. The van der Waals surface area contributed by atoms with Crippen LogP contribution in [0.4, 0.5) is 5.69 Å². The number of nitrogens with one attached hydrogen (secondary N) is 1. The largest absolute Gasteiger partial charge is 0.469 e. The lowest BCUT2D eigenvalue weighted by molar-refractivity contribution is -0.139. The Kier molecular flexibility index (Phi) is 5.78. The van der Waals surface area contributed by atoms with E-state index < -0.39 is 0 Å². The van der Waals surface area contributed by atoms with E-state index in [0.717, 1.165) is 22.7 Å². The summed E-state index contributed by atoms with van der Waals surface area (Å²) in [5.74, 6) is -0.205. The molecule has 0 radical (unpaired) electrons. The molecule has 0 fully saturated rings. The van der Waals surface area contributed by atoms with E-state index in [-0.39, 0.29) is 5.97 Å². The quantitative estimate of drug-likeness (QED) is 0.798. The maximum absolute atomic E-state index is 11.2. The highest BCUT2D eigenvalue weighted by Gasteiger charge is 2.06. The highest BCUT2D eigenvalue weighted by Crippen LogP contribution is 2.19. The number of esters is 1. The molecular formula is C16H19NO3S. The topological polar surface area (TPSA) is 47.6 Å². The summed E-state index contributed by atoms with van der Waals surface area (Å²) in [4.78, 5) is 13.4. The van der Waals surface area contributed by atoms with Crippen LogP contribution in [0, 0.1) is 0 Å². The van der Waals surface area contributed by atoms with Gasteiger partial charge in [0.15, 0.2) is 0 Å². The van der Waals surface area contributed by atoms with Crippen molar-refractivity contribution in [3.05, 3.63) is 51.7 Å². The zero-order valence-corrected chi connectivity index (χ0v) is 13.0. The van der Waals surface area contributed by atoms with Crippen molar-refractivity contribution in [3.8, 4) is 0 Å². The summed E-state index contributed by atoms with van der Waals surface area (Å²) < 4.78 is 9.80. The van der Waals surface area contributed by atoms with Crippen molar-refractivity contribution >= 4 is 23.0 Å². The van der Waals surface area contributed by atoms with Gasteiger partial charge in [-0.1, -0.05) is 12.1 Å². The van der Waals surface area contributed by atoms with Crippen LogP contribution in [0.5, 0.6) is 0 Å². The third kappa shape index (κ3) is 4.88.